The summed E-state index contributed by atoms with van der Waals surface area (Å²) in [5.74, 6) is 0.586. The Bertz CT molecular complexity index is 704. The molecule has 2 rings (SSSR count). The van der Waals surface area contributed by atoms with Gasteiger partial charge >= 0.3 is 0 Å². The second kappa shape index (κ2) is 8.52. The fraction of sp³-hybridized carbons (Fsp3) is 0.235. The van der Waals surface area contributed by atoms with E-state index in [1.807, 2.05) is 6.07 Å². The smallest absolute Gasteiger partial charge is 0.288 e. The van der Waals surface area contributed by atoms with Crippen molar-refractivity contribution in [3.05, 3.63) is 53.9 Å². The molecular weight excluding hydrogens is 310 g/mol. The van der Waals surface area contributed by atoms with Gasteiger partial charge in [0.25, 0.3) is 5.91 Å². The van der Waals surface area contributed by atoms with Gasteiger partial charge in [-0.3, -0.25) is 25.4 Å². The van der Waals surface area contributed by atoms with E-state index in [1.165, 1.54) is 6.20 Å². The summed E-state index contributed by atoms with van der Waals surface area (Å²) in [5, 5.41) is 0. The highest BCUT2D eigenvalue weighted by atomic mass is 16.5. The van der Waals surface area contributed by atoms with Crippen molar-refractivity contribution in [3.8, 4) is 11.5 Å². The minimum Gasteiger partial charge on any atom is -0.497 e. The molecular formula is C17H19N3O4. The summed E-state index contributed by atoms with van der Waals surface area (Å²) in [6, 6.07) is 10.3. The van der Waals surface area contributed by atoms with E-state index in [4.69, 9.17) is 9.47 Å². The van der Waals surface area contributed by atoms with Crippen LogP contribution in [-0.2, 0) is 11.2 Å². The number of benzene rings is 1. The van der Waals surface area contributed by atoms with E-state index in [0.717, 1.165) is 5.56 Å². The molecule has 24 heavy (non-hydrogen) atoms. The molecule has 1 aromatic heterocycles. The van der Waals surface area contributed by atoms with E-state index >= 15 is 0 Å². The molecule has 0 saturated heterocycles. The molecule has 2 aromatic rings. The predicted octanol–water partition coefficient (Wildman–Crippen LogP) is 1.49. The number of carbonyl (C=O) groups excluding carboxylic acids is 2. The van der Waals surface area contributed by atoms with Crippen LogP contribution in [-0.4, -0.2) is 31.0 Å². The van der Waals surface area contributed by atoms with Crippen LogP contribution in [0.5, 0.6) is 11.5 Å². The standard InChI is InChI=1S/C17H19N3O4/c1-23-13-7-8-15(24-2)12(11-13)6-9-16(21)19-20-17(22)14-5-3-4-10-18-14/h3-5,7-8,10-11H,6,9H2,1-2H3,(H,19,21)(H,20,22). The minimum absolute atomic E-state index is 0.187. The Kier molecular flexibility index (Phi) is 6.13. The minimum atomic E-state index is -0.470. The summed E-state index contributed by atoms with van der Waals surface area (Å²) in [7, 11) is 3.14. The van der Waals surface area contributed by atoms with E-state index in [1.54, 1.807) is 44.6 Å². The highest BCUT2D eigenvalue weighted by molar-refractivity contribution is 5.93. The number of pyridine rings is 1. The normalized spacial score (nSPS) is 9.92. The Morgan fingerprint density at radius 1 is 1.08 bits per heavy atom. The van der Waals surface area contributed by atoms with Crippen LogP contribution in [0.25, 0.3) is 0 Å². The van der Waals surface area contributed by atoms with Gasteiger partial charge in [-0.1, -0.05) is 6.07 Å². The first-order valence-corrected chi connectivity index (χ1v) is 7.35. The number of hydrogen-bond acceptors (Lipinski definition) is 5. The molecule has 0 aliphatic rings. The van der Waals surface area contributed by atoms with Crippen LogP contribution in [0.2, 0.25) is 0 Å². The van der Waals surface area contributed by atoms with Crippen LogP contribution >= 0.6 is 0 Å². The van der Waals surface area contributed by atoms with Crippen LogP contribution in [0.3, 0.4) is 0 Å². The van der Waals surface area contributed by atoms with Gasteiger partial charge in [-0.2, -0.15) is 0 Å². The summed E-state index contributed by atoms with van der Waals surface area (Å²) < 4.78 is 10.4. The fourth-order valence-electron chi connectivity index (χ4n) is 2.08. The average Bonchev–Trinajstić information content (AvgIpc) is 2.64. The molecule has 126 valence electrons. The molecule has 0 aliphatic heterocycles. The molecule has 7 heteroatoms. The number of nitrogens with zero attached hydrogens (tertiary/aromatic N) is 1. The van der Waals surface area contributed by atoms with Crippen molar-refractivity contribution >= 4 is 11.8 Å². The lowest BCUT2D eigenvalue weighted by molar-refractivity contribution is -0.121. The maximum Gasteiger partial charge on any atom is 0.288 e. The third-order valence-corrected chi connectivity index (χ3v) is 3.32. The third kappa shape index (κ3) is 4.70. The fourth-order valence-corrected chi connectivity index (χ4v) is 2.08. The predicted molar refractivity (Wildman–Crippen MR) is 87.7 cm³/mol. The van der Waals surface area contributed by atoms with Gasteiger partial charge in [0.15, 0.2) is 0 Å². The number of hydrogen-bond donors (Lipinski definition) is 2. The van der Waals surface area contributed by atoms with Gasteiger partial charge in [0.2, 0.25) is 5.91 Å². The second-order valence-electron chi connectivity index (χ2n) is 4.90. The van der Waals surface area contributed by atoms with Crippen molar-refractivity contribution in [1.29, 1.82) is 0 Å². The maximum absolute atomic E-state index is 11.9. The van der Waals surface area contributed by atoms with E-state index in [-0.39, 0.29) is 18.0 Å². The number of hydrazine groups is 1. The van der Waals surface area contributed by atoms with Gasteiger partial charge < -0.3 is 9.47 Å². The summed E-state index contributed by atoms with van der Waals surface area (Å²) in [6.07, 6.45) is 2.14. The molecule has 0 radical (unpaired) electrons. The van der Waals surface area contributed by atoms with Crippen LogP contribution in [0.1, 0.15) is 22.5 Å². The molecule has 1 aromatic carbocycles. The Morgan fingerprint density at radius 2 is 1.92 bits per heavy atom. The molecule has 1 heterocycles. The first kappa shape index (κ1) is 17.3. The Labute approximate surface area is 140 Å². The van der Waals surface area contributed by atoms with E-state index in [2.05, 4.69) is 15.8 Å². The lowest BCUT2D eigenvalue weighted by atomic mass is 10.1. The van der Waals surface area contributed by atoms with Crippen molar-refractivity contribution in [1.82, 2.24) is 15.8 Å². The number of nitrogens with one attached hydrogen (secondary N) is 2. The van der Waals surface area contributed by atoms with Crippen molar-refractivity contribution < 1.29 is 19.1 Å². The largest absolute Gasteiger partial charge is 0.497 e. The Balaban J connectivity index is 1.86. The zero-order chi connectivity index (χ0) is 17.4. The van der Waals surface area contributed by atoms with Crippen LogP contribution < -0.4 is 20.3 Å². The number of aryl methyl sites for hydroxylation is 1. The third-order valence-electron chi connectivity index (χ3n) is 3.32. The molecule has 0 bridgehead atoms. The zero-order valence-corrected chi connectivity index (χ0v) is 13.5. The number of rotatable bonds is 6. The van der Waals surface area contributed by atoms with Gasteiger partial charge in [-0.05, 0) is 42.3 Å². The van der Waals surface area contributed by atoms with Crippen molar-refractivity contribution in [2.24, 2.45) is 0 Å². The highest BCUT2D eigenvalue weighted by Gasteiger charge is 2.10. The maximum atomic E-state index is 11.9. The zero-order valence-electron chi connectivity index (χ0n) is 13.5. The number of carbonyl (C=O) groups is 2. The van der Waals surface area contributed by atoms with E-state index in [0.29, 0.717) is 17.9 Å². The van der Waals surface area contributed by atoms with Gasteiger partial charge in [0.1, 0.15) is 17.2 Å². The van der Waals surface area contributed by atoms with Gasteiger partial charge in [-0.15, -0.1) is 0 Å². The van der Waals surface area contributed by atoms with E-state index < -0.39 is 5.91 Å². The van der Waals surface area contributed by atoms with Crippen molar-refractivity contribution in [2.75, 3.05) is 14.2 Å². The molecule has 7 nitrogen and oxygen atoms in total. The molecule has 0 fully saturated rings. The molecule has 0 saturated carbocycles. The van der Waals surface area contributed by atoms with Gasteiger partial charge in [0, 0.05) is 12.6 Å². The quantitative estimate of drug-likeness (QED) is 0.784. The molecule has 2 N–H and O–H groups in total. The molecule has 2 amide bonds. The topological polar surface area (TPSA) is 89.5 Å². The first-order valence-electron chi connectivity index (χ1n) is 7.35. The highest BCUT2D eigenvalue weighted by Crippen LogP contribution is 2.24. The summed E-state index contributed by atoms with van der Waals surface area (Å²) in [4.78, 5) is 27.6. The van der Waals surface area contributed by atoms with Crippen molar-refractivity contribution in [3.63, 3.8) is 0 Å². The Hall–Kier alpha value is -3.09. The molecule has 0 spiro atoms. The SMILES string of the molecule is COc1ccc(OC)c(CCC(=O)NNC(=O)c2ccccn2)c1. The van der Waals surface area contributed by atoms with Crippen LogP contribution in [0, 0.1) is 0 Å². The lowest BCUT2D eigenvalue weighted by Gasteiger charge is -2.11. The summed E-state index contributed by atoms with van der Waals surface area (Å²) in [6.45, 7) is 0. The molecule has 0 unspecified atom stereocenters. The second-order valence-corrected chi connectivity index (χ2v) is 4.90. The number of amides is 2. The average molecular weight is 329 g/mol. The number of methoxy groups -OCH3 is 2. The number of ether oxygens (including phenoxy) is 2. The number of aromatic nitrogens is 1. The lowest BCUT2D eigenvalue weighted by Crippen LogP contribution is -2.42. The van der Waals surface area contributed by atoms with Crippen LogP contribution in [0.4, 0.5) is 0 Å². The molecule has 0 aliphatic carbocycles. The van der Waals surface area contributed by atoms with Gasteiger partial charge in [0.05, 0.1) is 14.2 Å². The van der Waals surface area contributed by atoms with Gasteiger partial charge in [-0.25, -0.2) is 0 Å². The van der Waals surface area contributed by atoms with Crippen LogP contribution in [0.15, 0.2) is 42.6 Å². The van der Waals surface area contributed by atoms with Crippen molar-refractivity contribution in [2.45, 2.75) is 12.8 Å². The summed E-state index contributed by atoms with van der Waals surface area (Å²) >= 11 is 0. The summed E-state index contributed by atoms with van der Waals surface area (Å²) in [5.41, 5.74) is 5.77. The monoisotopic (exact) mass is 329 g/mol. The Morgan fingerprint density at radius 3 is 2.58 bits per heavy atom. The molecule has 0 atom stereocenters. The van der Waals surface area contributed by atoms with E-state index in [9.17, 15) is 9.59 Å². The first-order chi connectivity index (χ1) is 11.6.